The first-order valence-electron chi connectivity index (χ1n) is 10.4. The zero-order chi connectivity index (χ0) is 19.6. The summed E-state index contributed by atoms with van der Waals surface area (Å²) in [5.41, 5.74) is -0.0582. The molecule has 1 aromatic carbocycles. The summed E-state index contributed by atoms with van der Waals surface area (Å²) >= 11 is 0. The molecule has 28 heavy (non-hydrogen) atoms. The molecular formula is C21H29FN4O2. The van der Waals surface area contributed by atoms with Crippen LogP contribution in [0.3, 0.4) is 0 Å². The Morgan fingerprint density at radius 3 is 2.39 bits per heavy atom. The van der Waals surface area contributed by atoms with Crippen LogP contribution in [-0.4, -0.2) is 66.5 Å². The average molecular weight is 388 g/mol. The summed E-state index contributed by atoms with van der Waals surface area (Å²) < 4.78 is 13.3. The highest BCUT2D eigenvalue weighted by Crippen LogP contribution is 2.35. The van der Waals surface area contributed by atoms with Crippen molar-refractivity contribution in [3.63, 3.8) is 0 Å². The van der Waals surface area contributed by atoms with Gasteiger partial charge < -0.3 is 15.5 Å². The van der Waals surface area contributed by atoms with Gasteiger partial charge in [0.2, 0.25) is 0 Å². The summed E-state index contributed by atoms with van der Waals surface area (Å²) in [7, 11) is 0. The Balaban J connectivity index is 1.56. The normalized spacial score (nSPS) is 26.8. The Morgan fingerprint density at radius 2 is 1.71 bits per heavy atom. The lowest BCUT2D eigenvalue weighted by Crippen LogP contribution is -2.57. The first kappa shape index (κ1) is 19.3. The molecule has 7 heteroatoms. The standard InChI is InChI=1S/C21H29FN4O2/c22-18-5-3-16(4-6-18)15-21(17-7-9-23-10-8-17)19(27)26(20(28)24-21)14-13-25-11-1-2-12-25/h3-6,17,23H,1-2,7-15H2,(H,24,28)/t21-/m0/s1. The Morgan fingerprint density at radius 1 is 1.04 bits per heavy atom. The number of urea groups is 1. The smallest absolute Gasteiger partial charge is 0.322 e. The number of piperidine rings is 1. The third kappa shape index (κ3) is 3.78. The van der Waals surface area contributed by atoms with Crippen LogP contribution in [0.25, 0.3) is 0 Å². The number of likely N-dealkylation sites (tertiary alicyclic amines) is 1. The maximum absolute atomic E-state index is 13.5. The van der Waals surface area contributed by atoms with Crippen LogP contribution in [0.1, 0.15) is 31.2 Å². The summed E-state index contributed by atoms with van der Waals surface area (Å²) in [4.78, 5) is 30.1. The molecule has 2 N–H and O–H groups in total. The molecule has 3 aliphatic rings. The highest BCUT2D eigenvalue weighted by Gasteiger charge is 2.55. The fraction of sp³-hybridized carbons (Fsp3) is 0.619. The van der Waals surface area contributed by atoms with Crippen LogP contribution in [0.5, 0.6) is 0 Å². The van der Waals surface area contributed by atoms with E-state index in [1.54, 1.807) is 12.1 Å². The van der Waals surface area contributed by atoms with Gasteiger partial charge >= 0.3 is 6.03 Å². The van der Waals surface area contributed by atoms with Crippen LogP contribution >= 0.6 is 0 Å². The molecular weight excluding hydrogens is 359 g/mol. The SMILES string of the molecule is O=C1N[C@@](Cc2ccc(F)cc2)(C2CCNCC2)C(=O)N1CCN1CCCC1. The van der Waals surface area contributed by atoms with Gasteiger partial charge in [-0.3, -0.25) is 9.69 Å². The van der Waals surface area contributed by atoms with Crippen molar-refractivity contribution in [3.8, 4) is 0 Å². The lowest BCUT2D eigenvalue weighted by molar-refractivity contribution is -0.133. The zero-order valence-corrected chi connectivity index (χ0v) is 16.3. The van der Waals surface area contributed by atoms with Crippen molar-refractivity contribution in [2.75, 3.05) is 39.3 Å². The molecule has 0 unspecified atom stereocenters. The van der Waals surface area contributed by atoms with E-state index in [-0.39, 0.29) is 23.7 Å². The van der Waals surface area contributed by atoms with Crippen LogP contribution in [0.4, 0.5) is 9.18 Å². The van der Waals surface area contributed by atoms with E-state index in [4.69, 9.17) is 0 Å². The van der Waals surface area contributed by atoms with Gasteiger partial charge in [-0.05, 0) is 75.5 Å². The molecule has 0 aliphatic carbocycles. The summed E-state index contributed by atoms with van der Waals surface area (Å²) in [5.74, 6) is -0.339. The average Bonchev–Trinajstić information content (AvgIpc) is 3.30. The number of nitrogens with zero attached hydrogens (tertiary/aromatic N) is 2. The first-order chi connectivity index (χ1) is 13.6. The molecule has 0 aromatic heterocycles. The van der Waals surface area contributed by atoms with Crippen molar-refractivity contribution in [2.24, 2.45) is 5.92 Å². The number of hydrogen-bond acceptors (Lipinski definition) is 4. The van der Waals surface area contributed by atoms with Gasteiger partial charge in [-0.1, -0.05) is 12.1 Å². The van der Waals surface area contributed by atoms with Crippen LogP contribution < -0.4 is 10.6 Å². The second-order valence-electron chi connectivity index (χ2n) is 8.23. The molecule has 0 bridgehead atoms. The number of imide groups is 1. The van der Waals surface area contributed by atoms with Crippen LogP contribution in [0.15, 0.2) is 24.3 Å². The fourth-order valence-electron chi connectivity index (χ4n) is 4.88. The minimum atomic E-state index is -0.929. The molecule has 0 radical (unpaired) electrons. The van der Waals surface area contributed by atoms with Crippen molar-refractivity contribution in [3.05, 3.63) is 35.6 Å². The zero-order valence-electron chi connectivity index (χ0n) is 16.3. The number of benzene rings is 1. The minimum Gasteiger partial charge on any atom is -0.322 e. The summed E-state index contributed by atoms with van der Waals surface area (Å²) in [6.45, 7) is 4.93. The number of hydrogen-bond donors (Lipinski definition) is 2. The molecule has 6 nitrogen and oxygen atoms in total. The molecule has 4 rings (SSSR count). The predicted octanol–water partition coefficient (Wildman–Crippen LogP) is 1.75. The van der Waals surface area contributed by atoms with Gasteiger partial charge in [-0.15, -0.1) is 0 Å². The summed E-state index contributed by atoms with van der Waals surface area (Å²) in [5, 5.41) is 6.41. The van der Waals surface area contributed by atoms with Gasteiger partial charge in [0, 0.05) is 19.5 Å². The van der Waals surface area contributed by atoms with Crippen molar-refractivity contribution in [1.29, 1.82) is 0 Å². The number of carbonyl (C=O) groups excluding carboxylic acids is 2. The van der Waals surface area contributed by atoms with Crippen LogP contribution in [-0.2, 0) is 11.2 Å². The van der Waals surface area contributed by atoms with Crippen molar-refractivity contribution in [1.82, 2.24) is 20.4 Å². The number of carbonyl (C=O) groups is 2. The second-order valence-corrected chi connectivity index (χ2v) is 8.23. The van der Waals surface area contributed by atoms with E-state index in [9.17, 15) is 14.0 Å². The molecule has 1 atom stereocenters. The molecule has 3 fully saturated rings. The van der Waals surface area contributed by atoms with E-state index < -0.39 is 5.54 Å². The fourth-order valence-corrected chi connectivity index (χ4v) is 4.88. The highest BCUT2D eigenvalue weighted by molar-refractivity contribution is 6.07. The third-order valence-corrected chi connectivity index (χ3v) is 6.47. The first-order valence-corrected chi connectivity index (χ1v) is 10.4. The number of amides is 3. The molecule has 1 aromatic rings. The Bertz CT molecular complexity index is 714. The third-order valence-electron chi connectivity index (χ3n) is 6.47. The van der Waals surface area contributed by atoms with Gasteiger partial charge in [0.1, 0.15) is 11.4 Å². The van der Waals surface area contributed by atoms with Gasteiger partial charge in [-0.25, -0.2) is 9.18 Å². The monoisotopic (exact) mass is 388 g/mol. The maximum atomic E-state index is 13.5. The van der Waals surface area contributed by atoms with Crippen molar-refractivity contribution < 1.29 is 14.0 Å². The quantitative estimate of drug-likeness (QED) is 0.729. The molecule has 0 saturated carbocycles. The predicted molar refractivity (Wildman–Crippen MR) is 104 cm³/mol. The molecule has 3 aliphatic heterocycles. The largest absolute Gasteiger partial charge is 0.325 e. The Kier molecular flexibility index (Phi) is 5.64. The van der Waals surface area contributed by atoms with Crippen molar-refractivity contribution >= 4 is 11.9 Å². The lowest BCUT2D eigenvalue weighted by atomic mass is 9.74. The minimum absolute atomic E-state index is 0.0760. The number of nitrogens with one attached hydrogen (secondary N) is 2. The lowest BCUT2D eigenvalue weighted by Gasteiger charge is -2.38. The number of halogens is 1. The van der Waals surface area contributed by atoms with E-state index in [0.29, 0.717) is 13.0 Å². The topological polar surface area (TPSA) is 64.7 Å². The van der Waals surface area contributed by atoms with Gasteiger partial charge in [-0.2, -0.15) is 0 Å². The van der Waals surface area contributed by atoms with Crippen LogP contribution in [0, 0.1) is 11.7 Å². The highest BCUT2D eigenvalue weighted by atomic mass is 19.1. The van der Waals surface area contributed by atoms with E-state index in [1.165, 1.54) is 29.9 Å². The molecule has 0 spiro atoms. The Hall–Kier alpha value is -1.99. The van der Waals surface area contributed by atoms with Gasteiger partial charge in [0.25, 0.3) is 5.91 Å². The molecule has 3 amide bonds. The van der Waals surface area contributed by atoms with E-state index in [2.05, 4.69) is 15.5 Å². The van der Waals surface area contributed by atoms with Gasteiger partial charge in [0.05, 0.1) is 0 Å². The Labute approximate surface area is 165 Å². The van der Waals surface area contributed by atoms with Gasteiger partial charge in [0.15, 0.2) is 0 Å². The van der Waals surface area contributed by atoms with Crippen molar-refractivity contribution in [2.45, 2.75) is 37.6 Å². The summed E-state index contributed by atoms with van der Waals surface area (Å²) in [6.07, 6.45) is 4.45. The maximum Gasteiger partial charge on any atom is 0.325 e. The van der Waals surface area contributed by atoms with Crippen LogP contribution in [0.2, 0.25) is 0 Å². The van der Waals surface area contributed by atoms with E-state index in [1.807, 2.05) is 0 Å². The molecule has 152 valence electrons. The second kappa shape index (κ2) is 8.17. The molecule has 3 saturated heterocycles. The van der Waals surface area contributed by atoms with E-state index >= 15 is 0 Å². The molecule has 3 heterocycles. The van der Waals surface area contributed by atoms with E-state index in [0.717, 1.165) is 51.1 Å². The summed E-state index contributed by atoms with van der Waals surface area (Å²) in [6, 6.07) is 5.97. The number of rotatable bonds is 6.